The second kappa shape index (κ2) is 5.04. The van der Waals surface area contributed by atoms with Crippen LogP contribution in [0.1, 0.15) is 39.3 Å². The summed E-state index contributed by atoms with van der Waals surface area (Å²) in [4.78, 5) is 16.9. The van der Waals surface area contributed by atoms with Crippen LogP contribution in [0.15, 0.2) is 22.9 Å². The summed E-state index contributed by atoms with van der Waals surface area (Å²) in [7, 11) is 0. The van der Waals surface area contributed by atoms with Crippen LogP contribution in [0.2, 0.25) is 0 Å². The van der Waals surface area contributed by atoms with E-state index in [-0.39, 0.29) is 6.04 Å². The van der Waals surface area contributed by atoms with Gasteiger partial charge in [-0.3, -0.25) is 4.90 Å². The third-order valence-electron chi connectivity index (χ3n) is 2.55. The van der Waals surface area contributed by atoms with Crippen molar-refractivity contribution < 1.29 is 9.90 Å². The summed E-state index contributed by atoms with van der Waals surface area (Å²) in [6.07, 6.45) is 0.739. The van der Waals surface area contributed by atoms with Crippen LogP contribution in [0.4, 0.5) is 4.79 Å². The molecule has 4 nitrogen and oxygen atoms in total. The zero-order valence-corrected chi connectivity index (χ0v) is 12.0. The Balaban J connectivity index is 3.14. The van der Waals surface area contributed by atoms with Gasteiger partial charge in [0.15, 0.2) is 0 Å². The molecule has 1 atom stereocenters. The van der Waals surface area contributed by atoms with Crippen molar-refractivity contribution in [3.8, 4) is 0 Å². The van der Waals surface area contributed by atoms with Crippen LogP contribution in [0, 0.1) is 0 Å². The van der Waals surface area contributed by atoms with Crippen LogP contribution in [-0.4, -0.2) is 26.6 Å². The Morgan fingerprint density at radius 2 is 2.12 bits per heavy atom. The molecule has 1 amide bonds. The number of rotatable bonds is 2. The van der Waals surface area contributed by atoms with Crippen molar-refractivity contribution in [1.82, 2.24) is 9.88 Å². The van der Waals surface area contributed by atoms with E-state index in [4.69, 9.17) is 0 Å². The fourth-order valence-corrected chi connectivity index (χ4v) is 2.46. The molecule has 0 aromatic carbocycles. The third-order valence-corrected chi connectivity index (χ3v) is 3.22. The Labute approximate surface area is 110 Å². The van der Waals surface area contributed by atoms with Gasteiger partial charge in [0, 0.05) is 17.3 Å². The molecule has 0 aliphatic carbocycles. The maximum absolute atomic E-state index is 11.4. The molecule has 1 rings (SSSR count). The van der Waals surface area contributed by atoms with Gasteiger partial charge in [-0.2, -0.15) is 0 Å². The van der Waals surface area contributed by atoms with Gasteiger partial charge in [-0.25, -0.2) is 9.78 Å². The van der Waals surface area contributed by atoms with E-state index in [0.29, 0.717) is 4.60 Å². The molecule has 1 unspecified atom stereocenters. The summed E-state index contributed by atoms with van der Waals surface area (Å²) in [6.45, 7) is 7.49. The molecule has 0 bridgehead atoms. The monoisotopic (exact) mass is 300 g/mol. The summed E-state index contributed by atoms with van der Waals surface area (Å²) in [5.41, 5.74) is 0.408. The van der Waals surface area contributed by atoms with E-state index < -0.39 is 11.6 Å². The Bertz CT molecular complexity index is 415. The Morgan fingerprint density at radius 1 is 1.53 bits per heavy atom. The zero-order chi connectivity index (χ0) is 13.2. The van der Waals surface area contributed by atoms with E-state index in [1.807, 2.05) is 33.8 Å². The molecule has 5 heteroatoms. The molecule has 0 fully saturated rings. The van der Waals surface area contributed by atoms with Crippen LogP contribution in [0.3, 0.4) is 0 Å². The van der Waals surface area contributed by atoms with Crippen LogP contribution < -0.4 is 0 Å². The number of carbonyl (C=O) groups is 1. The Hall–Kier alpha value is -1.10. The van der Waals surface area contributed by atoms with Gasteiger partial charge in [0.25, 0.3) is 0 Å². The van der Waals surface area contributed by atoms with E-state index in [1.165, 1.54) is 4.90 Å². The lowest BCUT2D eigenvalue weighted by Gasteiger charge is -2.38. The first-order valence-electron chi connectivity index (χ1n) is 5.38. The highest BCUT2D eigenvalue weighted by molar-refractivity contribution is 9.10. The fourth-order valence-electron chi connectivity index (χ4n) is 1.88. The molecule has 0 spiro atoms. The van der Waals surface area contributed by atoms with Crippen molar-refractivity contribution in [2.24, 2.45) is 0 Å². The highest BCUT2D eigenvalue weighted by atomic mass is 79.9. The number of carboxylic acid groups (broad SMARTS) is 1. The van der Waals surface area contributed by atoms with E-state index in [0.717, 1.165) is 5.56 Å². The van der Waals surface area contributed by atoms with Gasteiger partial charge < -0.3 is 5.11 Å². The molecule has 0 saturated heterocycles. The van der Waals surface area contributed by atoms with Gasteiger partial charge in [-0.1, -0.05) is 6.07 Å². The molecule has 1 aromatic heterocycles. The van der Waals surface area contributed by atoms with Crippen LogP contribution in [0.5, 0.6) is 0 Å². The lowest BCUT2D eigenvalue weighted by atomic mass is 10.0. The smallest absolute Gasteiger partial charge is 0.408 e. The summed E-state index contributed by atoms with van der Waals surface area (Å²) < 4.78 is 0.683. The first-order chi connectivity index (χ1) is 7.75. The largest absolute Gasteiger partial charge is 0.465 e. The predicted octanol–water partition coefficient (Wildman–Crippen LogP) is 3.68. The van der Waals surface area contributed by atoms with E-state index in [1.54, 1.807) is 12.3 Å². The average molecular weight is 301 g/mol. The quantitative estimate of drug-likeness (QED) is 0.848. The first kappa shape index (κ1) is 14.0. The number of halogens is 1. The molecule has 0 saturated carbocycles. The molecule has 1 heterocycles. The molecule has 17 heavy (non-hydrogen) atoms. The van der Waals surface area contributed by atoms with Gasteiger partial charge >= 0.3 is 6.09 Å². The number of hydrogen-bond acceptors (Lipinski definition) is 2. The standard InChI is InChI=1S/C12H17BrN2O2/c1-8(9-6-5-7-14-10(9)13)15(11(16)17)12(2,3)4/h5-8H,1-4H3,(H,16,17). The van der Waals surface area contributed by atoms with Crippen molar-refractivity contribution in [3.05, 3.63) is 28.5 Å². The molecule has 0 radical (unpaired) electrons. The van der Waals surface area contributed by atoms with Crippen molar-refractivity contribution in [2.75, 3.05) is 0 Å². The Morgan fingerprint density at radius 3 is 2.53 bits per heavy atom. The van der Waals surface area contributed by atoms with E-state index in [9.17, 15) is 9.90 Å². The normalized spacial score (nSPS) is 13.2. The maximum atomic E-state index is 11.4. The molecule has 94 valence electrons. The summed E-state index contributed by atoms with van der Waals surface area (Å²) in [5.74, 6) is 0. The Kier molecular flexibility index (Phi) is 4.14. The third kappa shape index (κ3) is 3.19. The van der Waals surface area contributed by atoms with E-state index >= 15 is 0 Å². The maximum Gasteiger partial charge on any atom is 0.408 e. The van der Waals surface area contributed by atoms with Gasteiger partial charge in [0.1, 0.15) is 4.60 Å². The molecular formula is C12H17BrN2O2. The second-order valence-corrected chi connectivity index (χ2v) is 5.63. The SMILES string of the molecule is CC(c1cccnc1Br)N(C(=O)O)C(C)(C)C. The van der Waals surface area contributed by atoms with Crippen LogP contribution in [-0.2, 0) is 0 Å². The predicted molar refractivity (Wildman–Crippen MR) is 70.0 cm³/mol. The molecule has 0 aliphatic heterocycles. The minimum atomic E-state index is -0.930. The van der Waals surface area contributed by atoms with Crippen molar-refractivity contribution >= 4 is 22.0 Å². The van der Waals surface area contributed by atoms with Crippen molar-refractivity contribution in [1.29, 1.82) is 0 Å². The van der Waals surface area contributed by atoms with Crippen LogP contribution in [0.25, 0.3) is 0 Å². The summed E-state index contributed by atoms with van der Waals surface area (Å²) in [5, 5.41) is 9.32. The number of pyridine rings is 1. The van der Waals surface area contributed by atoms with Gasteiger partial charge in [-0.05, 0) is 49.7 Å². The zero-order valence-electron chi connectivity index (χ0n) is 10.4. The second-order valence-electron chi connectivity index (χ2n) is 4.88. The lowest BCUT2D eigenvalue weighted by Crippen LogP contribution is -2.46. The minimum absolute atomic E-state index is 0.254. The molecular weight excluding hydrogens is 284 g/mol. The lowest BCUT2D eigenvalue weighted by molar-refractivity contribution is 0.0750. The fraction of sp³-hybridized carbons (Fsp3) is 0.500. The highest BCUT2D eigenvalue weighted by Gasteiger charge is 2.32. The van der Waals surface area contributed by atoms with Crippen molar-refractivity contribution in [3.63, 3.8) is 0 Å². The number of amides is 1. The first-order valence-corrected chi connectivity index (χ1v) is 6.17. The summed E-state index contributed by atoms with van der Waals surface area (Å²) >= 11 is 3.35. The number of hydrogen-bond donors (Lipinski definition) is 1. The minimum Gasteiger partial charge on any atom is -0.465 e. The van der Waals surface area contributed by atoms with Gasteiger partial charge in [-0.15, -0.1) is 0 Å². The summed E-state index contributed by atoms with van der Waals surface area (Å²) in [6, 6.07) is 3.43. The topological polar surface area (TPSA) is 53.4 Å². The molecule has 1 aromatic rings. The average Bonchev–Trinajstić information content (AvgIpc) is 2.15. The van der Waals surface area contributed by atoms with E-state index in [2.05, 4.69) is 20.9 Å². The number of aromatic nitrogens is 1. The molecule has 1 N–H and O–H groups in total. The molecule has 0 aliphatic rings. The number of nitrogens with zero attached hydrogens (tertiary/aromatic N) is 2. The van der Waals surface area contributed by atoms with Crippen LogP contribution >= 0.6 is 15.9 Å². The van der Waals surface area contributed by atoms with Gasteiger partial charge in [0.05, 0.1) is 6.04 Å². The highest BCUT2D eigenvalue weighted by Crippen LogP contribution is 2.31. The van der Waals surface area contributed by atoms with Crippen molar-refractivity contribution in [2.45, 2.75) is 39.3 Å². The van der Waals surface area contributed by atoms with Gasteiger partial charge in [0.2, 0.25) is 0 Å².